The van der Waals surface area contributed by atoms with Crippen molar-refractivity contribution in [3.63, 3.8) is 0 Å². The van der Waals surface area contributed by atoms with E-state index in [0.717, 1.165) is 22.7 Å². The number of carbonyl (C=O) groups excluding carboxylic acids is 1. The number of allylic oxidation sites excluding steroid dienone is 2. The summed E-state index contributed by atoms with van der Waals surface area (Å²) < 4.78 is 2.24. The van der Waals surface area contributed by atoms with E-state index in [1.165, 1.54) is 10.0 Å². The summed E-state index contributed by atoms with van der Waals surface area (Å²) >= 11 is -0.196. The Kier molecular flexibility index (Phi) is 6.39. The minimum absolute atomic E-state index is 0.196. The zero-order valence-corrected chi connectivity index (χ0v) is 11.3. The van der Waals surface area contributed by atoms with Crippen molar-refractivity contribution < 1.29 is 4.79 Å². The molecule has 0 aromatic heterocycles. The Hall–Kier alpha value is -0.580. The maximum atomic E-state index is 10.7. The van der Waals surface area contributed by atoms with E-state index >= 15 is 0 Å². The molecule has 0 bridgehead atoms. The van der Waals surface area contributed by atoms with E-state index in [0.29, 0.717) is 0 Å². The number of rotatable bonds is 6. The molecule has 2 heteroatoms. The fourth-order valence-electron chi connectivity index (χ4n) is 1.33. The van der Waals surface area contributed by atoms with Crippen LogP contribution in [0.4, 0.5) is 0 Å². The van der Waals surface area contributed by atoms with E-state index in [-0.39, 0.29) is 20.9 Å². The molecule has 0 saturated heterocycles. The third-order valence-electron chi connectivity index (χ3n) is 2.05. The van der Waals surface area contributed by atoms with Crippen molar-refractivity contribution in [1.29, 1.82) is 0 Å². The van der Waals surface area contributed by atoms with Crippen molar-refractivity contribution >= 4 is 27.2 Å². The van der Waals surface area contributed by atoms with Gasteiger partial charge in [0.1, 0.15) is 0 Å². The van der Waals surface area contributed by atoms with E-state index in [1.54, 1.807) is 0 Å². The van der Waals surface area contributed by atoms with E-state index in [2.05, 4.69) is 37.3 Å². The Morgan fingerprint density at radius 3 is 2.67 bits per heavy atom. The molecule has 0 aliphatic heterocycles. The van der Waals surface area contributed by atoms with E-state index in [4.69, 9.17) is 0 Å². The van der Waals surface area contributed by atoms with Crippen LogP contribution in [0.2, 0.25) is 4.47 Å². The van der Waals surface area contributed by atoms with Crippen molar-refractivity contribution in [2.45, 2.75) is 24.2 Å². The topological polar surface area (TPSA) is 17.1 Å². The van der Waals surface area contributed by atoms with Gasteiger partial charge in [-0.2, -0.15) is 0 Å². The van der Waals surface area contributed by atoms with Gasteiger partial charge in [0, 0.05) is 0 Å². The molecule has 0 heterocycles. The average molecular weight is 316 g/mol. The van der Waals surface area contributed by atoms with Gasteiger partial charge in [-0.25, -0.2) is 0 Å². The van der Waals surface area contributed by atoms with Crippen molar-refractivity contribution in [2.24, 2.45) is 0 Å². The van der Waals surface area contributed by atoms with Crippen molar-refractivity contribution in [1.82, 2.24) is 0 Å². The Bertz CT molecular complexity index is 317. The Balaban J connectivity index is 2.40. The maximum absolute atomic E-state index is 10.7. The van der Waals surface area contributed by atoms with E-state index < -0.39 is 0 Å². The molecular formula is C13H16OTe. The van der Waals surface area contributed by atoms with Gasteiger partial charge < -0.3 is 0 Å². The summed E-state index contributed by atoms with van der Waals surface area (Å²) in [5.41, 5.74) is 1.34. The first-order chi connectivity index (χ1) is 7.36. The van der Waals surface area contributed by atoms with Crippen LogP contribution in [0.3, 0.4) is 0 Å². The molecule has 1 aromatic rings. The molecule has 0 saturated carbocycles. The summed E-state index contributed by atoms with van der Waals surface area (Å²) in [4.78, 5) is 10.7. The summed E-state index contributed by atoms with van der Waals surface area (Å²) in [6.07, 6.45) is 5.18. The van der Waals surface area contributed by atoms with Crippen LogP contribution in [0.25, 0.3) is 0 Å². The summed E-state index contributed by atoms with van der Waals surface area (Å²) in [6.45, 7) is 2.15. The molecule has 0 spiro atoms. The van der Waals surface area contributed by atoms with Gasteiger partial charge in [-0.05, 0) is 0 Å². The number of hydrogen-bond donors (Lipinski definition) is 0. The van der Waals surface area contributed by atoms with Gasteiger partial charge in [-0.1, -0.05) is 0 Å². The first-order valence-corrected chi connectivity index (χ1v) is 8.00. The molecule has 0 aliphatic rings. The first kappa shape index (κ1) is 12.5. The second-order valence-corrected chi connectivity index (χ2v) is 7.00. The minimum atomic E-state index is -0.196. The van der Waals surface area contributed by atoms with Crippen LogP contribution >= 0.6 is 0 Å². The van der Waals surface area contributed by atoms with Gasteiger partial charge in [0.2, 0.25) is 0 Å². The molecule has 0 atom stereocenters. The first-order valence-electron chi connectivity index (χ1n) is 5.19. The van der Waals surface area contributed by atoms with Crippen LogP contribution in [0.5, 0.6) is 0 Å². The van der Waals surface area contributed by atoms with Crippen molar-refractivity contribution in [3.05, 3.63) is 45.6 Å². The quantitative estimate of drug-likeness (QED) is 0.448. The zero-order valence-electron chi connectivity index (χ0n) is 8.98. The standard InChI is InChI=1S/C13H16OTe/c1-2-15-13(11-14)10-6-9-12-7-4-3-5-8-12/h3-5,7-8,10-11H,2,6,9H2,1H3/b13-10-. The van der Waals surface area contributed by atoms with Gasteiger partial charge in [-0.3, -0.25) is 0 Å². The number of benzene rings is 1. The monoisotopic (exact) mass is 318 g/mol. The fourth-order valence-corrected chi connectivity index (χ4v) is 3.15. The number of aldehydes is 1. The molecule has 80 valence electrons. The normalized spacial score (nSPS) is 11.4. The molecule has 1 rings (SSSR count). The Labute approximate surface area is 102 Å². The Morgan fingerprint density at radius 1 is 1.33 bits per heavy atom. The van der Waals surface area contributed by atoms with Crippen LogP contribution < -0.4 is 0 Å². The van der Waals surface area contributed by atoms with Gasteiger partial charge in [0.05, 0.1) is 0 Å². The summed E-state index contributed by atoms with van der Waals surface area (Å²) in [5, 5.41) is 0. The molecule has 1 aromatic carbocycles. The Morgan fingerprint density at radius 2 is 2.07 bits per heavy atom. The van der Waals surface area contributed by atoms with Crippen LogP contribution in [-0.4, -0.2) is 27.2 Å². The predicted molar refractivity (Wildman–Crippen MR) is 65.1 cm³/mol. The second-order valence-electron chi connectivity index (χ2n) is 3.18. The number of carbonyl (C=O) groups is 1. The van der Waals surface area contributed by atoms with Gasteiger partial charge >= 0.3 is 102 Å². The number of aryl methyl sites for hydroxylation is 1. The van der Waals surface area contributed by atoms with Crippen LogP contribution in [0, 0.1) is 0 Å². The molecule has 0 unspecified atom stereocenters. The second kappa shape index (κ2) is 7.68. The fraction of sp³-hybridized carbons (Fsp3) is 0.308. The molecule has 0 aliphatic carbocycles. The van der Waals surface area contributed by atoms with Gasteiger partial charge in [0.25, 0.3) is 0 Å². The number of hydrogen-bond acceptors (Lipinski definition) is 1. The van der Waals surface area contributed by atoms with Crippen LogP contribution in [-0.2, 0) is 11.2 Å². The molecule has 0 amide bonds. The SMILES string of the molecule is CC[Te]/C(C=O)=C\CCc1ccccc1. The molecule has 0 radical (unpaired) electrons. The zero-order chi connectivity index (χ0) is 10.9. The van der Waals surface area contributed by atoms with Crippen molar-refractivity contribution in [3.8, 4) is 0 Å². The molecular weight excluding hydrogens is 300 g/mol. The van der Waals surface area contributed by atoms with E-state index in [9.17, 15) is 4.79 Å². The summed E-state index contributed by atoms with van der Waals surface area (Å²) in [5.74, 6) is 0. The van der Waals surface area contributed by atoms with Crippen molar-refractivity contribution in [2.75, 3.05) is 0 Å². The summed E-state index contributed by atoms with van der Waals surface area (Å²) in [7, 11) is 0. The molecule has 15 heavy (non-hydrogen) atoms. The van der Waals surface area contributed by atoms with Crippen LogP contribution in [0.15, 0.2) is 40.0 Å². The molecule has 1 nitrogen and oxygen atoms in total. The average Bonchev–Trinajstić information content (AvgIpc) is 2.29. The third-order valence-corrected chi connectivity index (χ3v) is 4.57. The summed E-state index contributed by atoms with van der Waals surface area (Å²) in [6, 6.07) is 10.4. The molecule has 0 fully saturated rings. The molecule has 0 N–H and O–H groups in total. The van der Waals surface area contributed by atoms with E-state index in [1.807, 2.05) is 6.07 Å². The predicted octanol–water partition coefficient (Wildman–Crippen LogP) is 2.84. The van der Waals surface area contributed by atoms with Gasteiger partial charge in [0.15, 0.2) is 0 Å². The van der Waals surface area contributed by atoms with Gasteiger partial charge in [-0.15, -0.1) is 0 Å². The third kappa shape index (κ3) is 5.16. The van der Waals surface area contributed by atoms with Crippen LogP contribution in [0.1, 0.15) is 18.9 Å².